The molecular weight excluding hydrogens is 328 g/mol. The second-order valence-corrected chi connectivity index (χ2v) is 5.64. The second kappa shape index (κ2) is 6.60. The van der Waals surface area contributed by atoms with Crippen LogP contribution in [0.15, 0.2) is 41.4 Å². The Kier molecular flexibility index (Phi) is 4.50. The first-order chi connectivity index (χ1) is 12.0. The van der Waals surface area contributed by atoms with Gasteiger partial charge in [0.25, 0.3) is 5.78 Å². The number of ketones is 2. The minimum atomic E-state index is -0.980. The Hall–Kier alpha value is -2.80. The van der Waals surface area contributed by atoms with E-state index in [4.69, 9.17) is 18.9 Å². The van der Waals surface area contributed by atoms with Gasteiger partial charge < -0.3 is 24.1 Å². The summed E-state index contributed by atoms with van der Waals surface area (Å²) in [4.78, 5) is 24.5. The van der Waals surface area contributed by atoms with Crippen molar-refractivity contribution in [2.75, 3.05) is 21.3 Å². The molecule has 0 aromatic heterocycles. The number of hydrogen-bond donors (Lipinski definition) is 1. The van der Waals surface area contributed by atoms with E-state index in [1.165, 1.54) is 21.3 Å². The summed E-state index contributed by atoms with van der Waals surface area (Å²) in [7, 11) is 4.33. The van der Waals surface area contributed by atoms with E-state index < -0.39 is 23.8 Å². The van der Waals surface area contributed by atoms with Crippen LogP contribution < -0.4 is 9.47 Å². The van der Waals surface area contributed by atoms with E-state index in [1.54, 1.807) is 18.2 Å². The lowest BCUT2D eigenvalue weighted by atomic mass is 9.88. The molecule has 1 N–H and O–H groups in total. The largest absolute Gasteiger partial charge is 0.493 e. The van der Waals surface area contributed by atoms with Gasteiger partial charge >= 0.3 is 0 Å². The number of carbonyl (C=O) groups is 2. The molecule has 1 aromatic carbocycles. The number of rotatable bonds is 4. The molecule has 0 unspecified atom stereocenters. The van der Waals surface area contributed by atoms with E-state index in [1.807, 2.05) is 0 Å². The van der Waals surface area contributed by atoms with Crippen LogP contribution in [0, 0.1) is 0 Å². The SMILES string of the molecule is COC1=CC(=O)C2=C(O[C@H](c3ccc(OC)c(OC)c3)[C@H](O)C2)C1=O. The second-order valence-electron chi connectivity index (χ2n) is 5.64. The molecule has 2 aliphatic rings. The molecule has 3 rings (SSSR count). The van der Waals surface area contributed by atoms with Gasteiger partial charge in [-0.25, -0.2) is 0 Å². The molecule has 2 atom stereocenters. The van der Waals surface area contributed by atoms with Crippen molar-refractivity contribution < 1.29 is 33.6 Å². The first kappa shape index (κ1) is 17.0. The van der Waals surface area contributed by atoms with E-state index in [0.717, 1.165) is 6.08 Å². The van der Waals surface area contributed by atoms with Gasteiger partial charge in [-0.05, 0) is 17.7 Å². The molecule has 132 valence electrons. The van der Waals surface area contributed by atoms with Gasteiger partial charge in [-0.3, -0.25) is 9.59 Å². The predicted molar refractivity (Wildman–Crippen MR) is 86.1 cm³/mol. The van der Waals surface area contributed by atoms with Crippen LogP contribution in [0.3, 0.4) is 0 Å². The van der Waals surface area contributed by atoms with Gasteiger partial charge in [0, 0.05) is 18.1 Å². The maximum atomic E-state index is 12.4. The molecule has 1 aliphatic carbocycles. The van der Waals surface area contributed by atoms with Crippen LogP contribution in [0.5, 0.6) is 11.5 Å². The zero-order valence-corrected chi connectivity index (χ0v) is 14.1. The molecule has 25 heavy (non-hydrogen) atoms. The van der Waals surface area contributed by atoms with Crippen molar-refractivity contribution in [1.82, 2.24) is 0 Å². The Morgan fingerprint density at radius 1 is 1.08 bits per heavy atom. The smallest absolute Gasteiger partial charge is 0.262 e. The van der Waals surface area contributed by atoms with Crippen LogP contribution in [0.2, 0.25) is 0 Å². The number of Topliss-reactive ketones (excluding diaryl/α,β-unsaturated/α-hetero) is 1. The van der Waals surface area contributed by atoms with Crippen LogP contribution in [0.25, 0.3) is 0 Å². The summed E-state index contributed by atoms with van der Waals surface area (Å²) in [5.41, 5.74) is 0.764. The number of benzene rings is 1. The lowest BCUT2D eigenvalue weighted by Crippen LogP contribution is -2.34. The molecular formula is C18H18O7. The number of hydrogen-bond acceptors (Lipinski definition) is 7. The normalized spacial score (nSPS) is 22.8. The van der Waals surface area contributed by atoms with Crippen molar-refractivity contribution >= 4 is 11.6 Å². The molecule has 1 aromatic rings. The summed E-state index contributed by atoms with van der Waals surface area (Å²) in [6, 6.07) is 5.06. The summed E-state index contributed by atoms with van der Waals surface area (Å²) in [6.45, 7) is 0. The molecule has 7 heteroatoms. The Morgan fingerprint density at radius 3 is 2.44 bits per heavy atom. The molecule has 1 aliphatic heterocycles. The summed E-state index contributed by atoms with van der Waals surface area (Å²) in [5.74, 6) is -0.0459. The summed E-state index contributed by atoms with van der Waals surface area (Å²) < 4.78 is 21.1. The lowest BCUT2D eigenvalue weighted by molar-refractivity contribution is -0.126. The maximum Gasteiger partial charge on any atom is 0.262 e. The van der Waals surface area contributed by atoms with E-state index >= 15 is 0 Å². The maximum absolute atomic E-state index is 12.4. The van der Waals surface area contributed by atoms with Crippen molar-refractivity contribution in [3.63, 3.8) is 0 Å². The fraction of sp³-hybridized carbons (Fsp3) is 0.333. The van der Waals surface area contributed by atoms with Crippen LogP contribution >= 0.6 is 0 Å². The van der Waals surface area contributed by atoms with Gasteiger partial charge in [0.1, 0.15) is 0 Å². The molecule has 0 amide bonds. The Morgan fingerprint density at radius 2 is 1.80 bits per heavy atom. The van der Waals surface area contributed by atoms with Gasteiger partial charge in [-0.1, -0.05) is 6.07 Å². The van der Waals surface area contributed by atoms with Gasteiger partial charge in [0.2, 0.25) is 0 Å². The summed E-state index contributed by atoms with van der Waals surface area (Å²) in [6.07, 6.45) is -0.655. The molecule has 0 saturated carbocycles. The number of ether oxygens (including phenoxy) is 4. The standard InChI is InChI=1S/C18H18O7/c1-22-13-5-4-9(6-14(13)23-2)17-12(20)7-10-11(19)8-15(24-3)16(21)18(10)25-17/h4-6,8,12,17,20H,7H2,1-3H3/t12-,17-/m1/s1. The van der Waals surface area contributed by atoms with Crippen molar-refractivity contribution in [1.29, 1.82) is 0 Å². The monoisotopic (exact) mass is 346 g/mol. The van der Waals surface area contributed by atoms with Crippen molar-refractivity contribution in [3.8, 4) is 11.5 Å². The zero-order valence-electron chi connectivity index (χ0n) is 14.1. The van der Waals surface area contributed by atoms with Gasteiger partial charge in [0.05, 0.1) is 27.4 Å². The third-order valence-electron chi connectivity index (χ3n) is 4.23. The number of aliphatic hydroxyl groups excluding tert-OH is 1. The van der Waals surface area contributed by atoms with Crippen LogP contribution in [0.4, 0.5) is 0 Å². The first-order valence-electron chi connectivity index (χ1n) is 7.64. The Labute approximate surface area is 144 Å². The predicted octanol–water partition coefficient (Wildman–Crippen LogP) is 1.46. The van der Waals surface area contributed by atoms with Gasteiger partial charge in [-0.15, -0.1) is 0 Å². The molecule has 0 bridgehead atoms. The average Bonchev–Trinajstić information content (AvgIpc) is 2.63. The van der Waals surface area contributed by atoms with E-state index in [2.05, 4.69) is 0 Å². The fourth-order valence-electron chi connectivity index (χ4n) is 2.94. The lowest BCUT2D eigenvalue weighted by Gasteiger charge is -2.33. The molecule has 0 spiro atoms. The van der Waals surface area contributed by atoms with Crippen LogP contribution in [0.1, 0.15) is 18.1 Å². The molecule has 0 fully saturated rings. The first-order valence-corrected chi connectivity index (χ1v) is 7.64. The van der Waals surface area contributed by atoms with Crippen molar-refractivity contribution in [2.45, 2.75) is 18.6 Å². The zero-order chi connectivity index (χ0) is 18.1. The molecule has 7 nitrogen and oxygen atoms in total. The topological polar surface area (TPSA) is 91.3 Å². The molecule has 1 heterocycles. The highest BCUT2D eigenvalue weighted by Gasteiger charge is 2.40. The average molecular weight is 346 g/mol. The minimum Gasteiger partial charge on any atom is -0.493 e. The molecule has 0 saturated heterocycles. The Bertz CT molecular complexity index is 791. The Balaban J connectivity index is 1.96. The number of aliphatic hydroxyl groups is 1. The highest BCUT2D eigenvalue weighted by Crippen LogP contribution is 2.40. The van der Waals surface area contributed by atoms with Crippen molar-refractivity contribution in [2.24, 2.45) is 0 Å². The fourth-order valence-corrected chi connectivity index (χ4v) is 2.94. The number of carbonyl (C=O) groups excluding carboxylic acids is 2. The third-order valence-corrected chi connectivity index (χ3v) is 4.23. The van der Waals surface area contributed by atoms with Gasteiger partial charge in [-0.2, -0.15) is 0 Å². The number of methoxy groups -OCH3 is 3. The quantitative estimate of drug-likeness (QED) is 0.825. The van der Waals surface area contributed by atoms with E-state index in [0.29, 0.717) is 17.1 Å². The van der Waals surface area contributed by atoms with Crippen molar-refractivity contribution in [3.05, 3.63) is 46.9 Å². The van der Waals surface area contributed by atoms with E-state index in [-0.39, 0.29) is 23.5 Å². The summed E-state index contributed by atoms with van der Waals surface area (Å²) in [5, 5.41) is 10.4. The van der Waals surface area contributed by atoms with Crippen LogP contribution in [-0.4, -0.2) is 44.1 Å². The number of allylic oxidation sites excluding steroid dienone is 1. The van der Waals surface area contributed by atoms with Crippen LogP contribution in [-0.2, 0) is 19.1 Å². The summed E-state index contributed by atoms with van der Waals surface area (Å²) >= 11 is 0. The highest BCUT2D eigenvalue weighted by molar-refractivity contribution is 6.21. The third kappa shape index (κ3) is 2.87. The van der Waals surface area contributed by atoms with E-state index in [9.17, 15) is 14.7 Å². The molecule has 0 radical (unpaired) electrons. The highest BCUT2D eigenvalue weighted by atomic mass is 16.5. The van der Waals surface area contributed by atoms with Gasteiger partial charge in [0.15, 0.2) is 34.9 Å². The minimum absolute atomic E-state index is 0.0203.